The van der Waals surface area contributed by atoms with Gasteiger partial charge in [-0.2, -0.15) is 0 Å². The highest BCUT2D eigenvalue weighted by atomic mass is 16.5. The average molecular weight is 278 g/mol. The van der Waals surface area contributed by atoms with E-state index in [1.54, 1.807) is 7.11 Å². The van der Waals surface area contributed by atoms with Gasteiger partial charge in [-0.1, -0.05) is 32.0 Å². The highest BCUT2D eigenvalue weighted by molar-refractivity contribution is 5.81. The highest BCUT2D eigenvalue weighted by Crippen LogP contribution is 2.18. The molecule has 3 N–H and O–H groups in total. The molecule has 112 valence electrons. The smallest absolute Gasteiger partial charge is 0.237 e. The van der Waals surface area contributed by atoms with Crippen LogP contribution in [0.3, 0.4) is 0 Å². The number of amides is 1. The van der Waals surface area contributed by atoms with Crippen LogP contribution in [0.4, 0.5) is 0 Å². The van der Waals surface area contributed by atoms with Gasteiger partial charge in [0.1, 0.15) is 5.75 Å². The third-order valence-electron chi connectivity index (χ3n) is 3.17. The van der Waals surface area contributed by atoms with Crippen molar-refractivity contribution in [1.82, 2.24) is 5.32 Å². The molecule has 0 heterocycles. The molecule has 0 aliphatic carbocycles. The zero-order valence-corrected chi connectivity index (χ0v) is 12.8. The second-order valence-electron chi connectivity index (χ2n) is 5.66. The third kappa shape index (κ3) is 5.21. The maximum atomic E-state index is 12.0. The number of methoxy groups -OCH3 is 1. The fourth-order valence-electron chi connectivity index (χ4n) is 2.22. The second-order valence-corrected chi connectivity index (χ2v) is 5.66. The standard InChI is InChI=1S/C16H26N2O2/c1-11(2)9-14(17)16(19)18-12(3)10-13-7-5-6-8-15(13)20-4/h5-8,11-12,14H,9-10,17H2,1-4H3,(H,18,19)/t12?,14-/m1/s1. The Kier molecular flexibility index (Phi) is 6.52. The molecule has 1 aromatic carbocycles. The van der Waals surface area contributed by atoms with E-state index in [1.807, 2.05) is 31.2 Å². The Morgan fingerprint density at radius 1 is 1.30 bits per heavy atom. The topological polar surface area (TPSA) is 64.3 Å². The first-order valence-corrected chi connectivity index (χ1v) is 7.11. The van der Waals surface area contributed by atoms with Crippen LogP contribution in [0, 0.1) is 5.92 Å². The van der Waals surface area contributed by atoms with Gasteiger partial charge in [-0.05, 0) is 37.3 Å². The van der Waals surface area contributed by atoms with Gasteiger partial charge in [0.05, 0.1) is 13.2 Å². The van der Waals surface area contributed by atoms with Crippen molar-refractivity contribution in [3.05, 3.63) is 29.8 Å². The van der Waals surface area contributed by atoms with Gasteiger partial charge in [0, 0.05) is 6.04 Å². The number of carbonyl (C=O) groups excluding carboxylic acids is 1. The summed E-state index contributed by atoms with van der Waals surface area (Å²) in [5.74, 6) is 1.18. The lowest BCUT2D eigenvalue weighted by atomic mass is 10.0. The lowest BCUT2D eigenvalue weighted by molar-refractivity contribution is -0.123. The minimum atomic E-state index is -0.435. The Labute approximate surface area is 121 Å². The Morgan fingerprint density at radius 2 is 1.95 bits per heavy atom. The van der Waals surface area contributed by atoms with E-state index in [0.717, 1.165) is 17.7 Å². The quantitative estimate of drug-likeness (QED) is 0.803. The van der Waals surface area contributed by atoms with E-state index >= 15 is 0 Å². The monoisotopic (exact) mass is 278 g/mol. The summed E-state index contributed by atoms with van der Waals surface area (Å²) in [5, 5.41) is 2.97. The third-order valence-corrected chi connectivity index (χ3v) is 3.17. The van der Waals surface area contributed by atoms with Crippen molar-refractivity contribution in [2.75, 3.05) is 7.11 Å². The number of rotatable bonds is 7. The first-order valence-electron chi connectivity index (χ1n) is 7.11. The predicted molar refractivity (Wildman–Crippen MR) is 81.7 cm³/mol. The zero-order valence-electron chi connectivity index (χ0n) is 12.8. The lowest BCUT2D eigenvalue weighted by Gasteiger charge is -2.19. The summed E-state index contributed by atoms with van der Waals surface area (Å²) in [6.07, 6.45) is 1.43. The van der Waals surface area contributed by atoms with Crippen molar-refractivity contribution in [2.45, 2.75) is 45.7 Å². The van der Waals surface area contributed by atoms with Gasteiger partial charge >= 0.3 is 0 Å². The largest absolute Gasteiger partial charge is 0.496 e. The van der Waals surface area contributed by atoms with E-state index in [2.05, 4.69) is 19.2 Å². The molecule has 1 amide bonds. The number of hydrogen-bond acceptors (Lipinski definition) is 3. The fourth-order valence-corrected chi connectivity index (χ4v) is 2.22. The Hall–Kier alpha value is -1.55. The maximum Gasteiger partial charge on any atom is 0.237 e. The number of hydrogen-bond donors (Lipinski definition) is 2. The van der Waals surface area contributed by atoms with Gasteiger partial charge in [-0.15, -0.1) is 0 Å². The molecule has 20 heavy (non-hydrogen) atoms. The summed E-state index contributed by atoms with van der Waals surface area (Å²) < 4.78 is 5.31. The van der Waals surface area contributed by atoms with Crippen molar-refractivity contribution in [1.29, 1.82) is 0 Å². The van der Waals surface area contributed by atoms with Crippen molar-refractivity contribution >= 4 is 5.91 Å². The molecule has 0 radical (unpaired) electrons. The predicted octanol–water partition coefficient (Wildman–Crippen LogP) is 2.12. The molecule has 0 saturated heterocycles. The molecule has 0 spiro atoms. The highest BCUT2D eigenvalue weighted by Gasteiger charge is 2.17. The Bertz CT molecular complexity index is 432. The summed E-state index contributed by atoms with van der Waals surface area (Å²) >= 11 is 0. The number of nitrogens with one attached hydrogen (secondary N) is 1. The maximum absolute atomic E-state index is 12.0. The van der Waals surface area contributed by atoms with Crippen LogP contribution in [-0.4, -0.2) is 25.1 Å². The van der Waals surface area contributed by atoms with E-state index in [4.69, 9.17) is 10.5 Å². The van der Waals surface area contributed by atoms with Crippen LogP contribution in [0.5, 0.6) is 5.75 Å². The summed E-state index contributed by atoms with van der Waals surface area (Å²) in [4.78, 5) is 12.0. The average Bonchev–Trinajstić information content (AvgIpc) is 2.38. The Balaban J connectivity index is 2.55. The minimum Gasteiger partial charge on any atom is -0.496 e. The SMILES string of the molecule is COc1ccccc1CC(C)NC(=O)[C@H](N)CC(C)C. The number of nitrogens with two attached hydrogens (primary N) is 1. The van der Waals surface area contributed by atoms with Crippen LogP contribution in [-0.2, 0) is 11.2 Å². The van der Waals surface area contributed by atoms with E-state index in [-0.39, 0.29) is 11.9 Å². The normalized spacial score (nSPS) is 13.9. The van der Waals surface area contributed by atoms with Crippen LogP contribution in [0.2, 0.25) is 0 Å². The Morgan fingerprint density at radius 3 is 2.55 bits per heavy atom. The molecule has 0 aliphatic rings. The summed E-state index contributed by atoms with van der Waals surface area (Å²) in [6.45, 7) is 6.10. The van der Waals surface area contributed by atoms with Crippen LogP contribution >= 0.6 is 0 Å². The zero-order chi connectivity index (χ0) is 15.1. The molecule has 4 nitrogen and oxygen atoms in total. The van der Waals surface area contributed by atoms with Gasteiger partial charge in [0.25, 0.3) is 0 Å². The molecule has 1 unspecified atom stereocenters. The van der Waals surface area contributed by atoms with Gasteiger partial charge in [0.15, 0.2) is 0 Å². The molecule has 2 atom stereocenters. The van der Waals surface area contributed by atoms with Crippen molar-refractivity contribution in [3.8, 4) is 5.75 Å². The molecule has 0 saturated carbocycles. The molecule has 4 heteroatoms. The molecule has 0 aliphatic heterocycles. The van der Waals surface area contributed by atoms with Crippen molar-refractivity contribution in [3.63, 3.8) is 0 Å². The molecule has 0 aromatic heterocycles. The first kappa shape index (κ1) is 16.5. The van der Waals surface area contributed by atoms with Gasteiger partial charge in [-0.3, -0.25) is 4.79 Å². The second kappa shape index (κ2) is 7.90. The van der Waals surface area contributed by atoms with E-state index in [0.29, 0.717) is 12.3 Å². The molecular weight excluding hydrogens is 252 g/mol. The molecule has 0 bridgehead atoms. The summed E-state index contributed by atoms with van der Waals surface area (Å²) in [7, 11) is 1.65. The van der Waals surface area contributed by atoms with Crippen molar-refractivity contribution < 1.29 is 9.53 Å². The number of carbonyl (C=O) groups is 1. The van der Waals surface area contributed by atoms with E-state index in [9.17, 15) is 4.79 Å². The molecule has 1 rings (SSSR count). The van der Waals surface area contributed by atoms with E-state index < -0.39 is 6.04 Å². The number of benzene rings is 1. The van der Waals surface area contributed by atoms with Crippen LogP contribution < -0.4 is 15.8 Å². The molecular formula is C16H26N2O2. The van der Waals surface area contributed by atoms with Gasteiger partial charge < -0.3 is 15.8 Å². The van der Waals surface area contributed by atoms with Gasteiger partial charge in [0.2, 0.25) is 5.91 Å². The molecule has 0 fully saturated rings. The number of para-hydroxylation sites is 1. The van der Waals surface area contributed by atoms with Crippen LogP contribution in [0.1, 0.15) is 32.8 Å². The van der Waals surface area contributed by atoms with E-state index in [1.165, 1.54) is 0 Å². The lowest BCUT2D eigenvalue weighted by Crippen LogP contribution is -2.45. The summed E-state index contributed by atoms with van der Waals surface area (Å²) in [5.41, 5.74) is 6.96. The minimum absolute atomic E-state index is 0.0250. The van der Waals surface area contributed by atoms with Crippen molar-refractivity contribution in [2.24, 2.45) is 11.7 Å². The summed E-state index contributed by atoms with van der Waals surface area (Å²) in [6, 6.07) is 7.43. The molecule has 1 aromatic rings. The van der Waals surface area contributed by atoms with Crippen LogP contribution in [0.15, 0.2) is 24.3 Å². The number of ether oxygens (including phenoxy) is 1. The fraction of sp³-hybridized carbons (Fsp3) is 0.562. The van der Waals surface area contributed by atoms with Gasteiger partial charge in [-0.25, -0.2) is 0 Å². The first-order chi connectivity index (χ1) is 9.43. The van der Waals surface area contributed by atoms with Crippen LogP contribution in [0.25, 0.3) is 0 Å².